The maximum Gasteiger partial charge on any atom is 0.151 e. The van der Waals surface area contributed by atoms with Crippen molar-refractivity contribution in [3.63, 3.8) is 0 Å². The first-order chi connectivity index (χ1) is 9.05. The van der Waals surface area contributed by atoms with E-state index >= 15 is 0 Å². The van der Waals surface area contributed by atoms with Crippen molar-refractivity contribution in [1.82, 2.24) is 4.90 Å². The number of rotatable bonds is 4. The van der Waals surface area contributed by atoms with Crippen LogP contribution in [-0.2, 0) is 16.3 Å². The molecule has 2 rings (SSSR count). The van der Waals surface area contributed by atoms with E-state index < -0.39 is 9.84 Å². The lowest BCUT2D eigenvalue weighted by Crippen LogP contribution is -2.28. The second kappa shape index (κ2) is 6.39. The van der Waals surface area contributed by atoms with Crippen molar-refractivity contribution in [2.45, 2.75) is 19.3 Å². The largest absolute Gasteiger partial charge is 0.399 e. The van der Waals surface area contributed by atoms with Gasteiger partial charge in [-0.25, -0.2) is 8.42 Å². The molecule has 0 spiro atoms. The number of nitrogens with two attached hydrogens (primary N) is 1. The summed E-state index contributed by atoms with van der Waals surface area (Å²) in [7, 11) is -2.79. The summed E-state index contributed by atoms with van der Waals surface area (Å²) in [5.41, 5.74) is 7.73. The third-order valence-electron chi connectivity index (χ3n) is 3.57. The number of anilines is 1. The normalized spacial score (nSPS) is 20.0. The van der Waals surface area contributed by atoms with Crippen molar-refractivity contribution in [1.29, 1.82) is 0 Å². The molecule has 1 aromatic carbocycles. The molecule has 1 aliphatic rings. The van der Waals surface area contributed by atoms with Gasteiger partial charge in [0.15, 0.2) is 9.84 Å². The molecule has 1 saturated heterocycles. The first-order valence-corrected chi connectivity index (χ1v) is 8.64. The molecule has 1 fully saturated rings. The fourth-order valence-electron chi connectivity index (χ4n) is 2.40. The van der Waals surface area contributed by atoms with Crippen molar-refractivity contribution in [2.24, 2.45) is 0 Å². The van der Waals surface area contributed by atoms with Gasteiger partial charge in [0.2, 0.25) is 0 Å². The Morgan fingerprint density at radius 1 is 1.11 bits per heavy atom. The second-order valence-electron chi connectivity index (χ2n) is 5.19. The summed E-state index contributed by atoms with van der Waals surface area (Å²) in [6, 6.07) is 7.96. The van der Waals surface area contributed by atoms with Gasteiger partial charge in [-0.3, -0.25) is 0 Å². The SMILES string of the molecule is Nc1ccc(CCCN2CCCS(=O)(=O)CC2)cc1. The Bertz CT molecular complexity index is 497. The minimum Gasteiger partial charge on any atom is -0.399 e. The van der Waals surface area contributed by atoms with Crippen molar-refractivity contribution in [2.75, 3.05) is 36.9 Å². The average Bonchev–Trinajstić information content (AvgIpc) is 2.53. The van der Waals surface area contributed by atoms with Crippen molar-refractivity contribution < 1.29 is 8.42 Å². The van der Waals surface area contributed by atoms with Gasteiger partial charge in [0.25, 0.3) is 0 Å². The van der Waals surface area contributed by atoms with Gasteiger partial charge in [-0.05, 0) is 50.0 Å². The molecule has 4 nitrogen and oxygen atoms in total. The van der Waals surface area contributed by atoms with Gasteiger partial charge in [-0.2, -0.15) is 0 Å². The zero-order valence-electron chi connectivity index (χ0n) is 11.2. The maximum absolute atomic E-state index is 11.5. The zero-order valence-corrected chi connectivity index (χ0v) is 12.0. The quantitative estimate of drug-likeness (QED) is 0.846. The molecule has 1 heterocycles. The summed E-state index contributed by atoms with van der Waals surface area (Å²) < 4.78 is 23.0. The van der Waals surface area contributed by atoms with E-state index in [4.69, 9.17) is 5.73 Å². The van der Waals surface area contributed by atoms with Gasteiger partial charge in [0, 0.05) is 12.2 Å². The van der Waals surface area contributed by atoms with Crippen LogP contribution in [-0.4, -0.2) is 44.5 Å². The van der Waals surface area contributed by atoms with Crippen LogP contribution in [0, 0.1) is 0 Å². The molecule has 0 bridgehead atoms. The third-order valence-corrected chi connectivity index (χ3v) is 5.28. The van der Waals surface area contributed by atoms with Crippen molar-refractivity contribution in [3.05, 3.63) is 29.8 Å². The Morgan fingerprint density at radius 3 is 2.58 bits per heavy atom. The summed E-state index contributed by atoms with van der Waals surface area (Å²) >= 11 is 0. The lowest BCUT2D eigenvalue weighted by atomic mass is 10.1. The monoisotopic (exact) mass is 282 g/mol. The molecule has 0 aliphatic carbocycles. The van der Waals surface area contributed by atoms with Gasteiger partial charge < -0.3 is 10.6 Å². The standard InChI is InChI=1S/C14H22N2O2S/c15-14-6-4-13(5-7-14)3-1-8-16-9-2-11-19(17,18)12-10-16/h4-7H,1-3,8-12,15H2. The third kappa shape index (κ3) is 4.84. The average molecular weight is 282 g/mol. The molecule has 1 aromatic rings. The summed E-state index contributed by atoms with van der Waals surface area (Å²) in [5.74, 6) is 0.663. The highest BCUT2D eigenvalue weighted by Gasteiger charge is 2.18. The van der Waals surface area contributed by atoms with E-state index in [-0.39, 0.29) is 0 Å². The molecule has 0 aromatic heterocycles. The molecule has 0 radical (unpaired) electrons. The first kappa shape index (κ1) is 14.3. The van der Waals surface area contributed by atoms with E-state index in [9.17, 15) is 8.42 Å². The Kier molecular flexibility index (Phi) is 4.82. The molecule has 0 saturated carbocycles. The molecule has 0 atom stereocenters. The van der Waals surface area contributed by atoms with Gasteiger partial charge in [0.1, 0.15) is 0 Å². The fraction of sp³-hybridized carbons (Fsp3) is 0.571. The summed E-state index contributed by atoms with van der Waals surface area (Å²) in [6.45, 7) is 2.56. The van der Waals surface area contributed by atoms with Gasteiger partial charge >= 0.3 is 0 Å². The first-order valence-electron chi connectivity index (χ1n) is 6.82. The van der Waals surface area contributed by atoms with E-state index in [0.29, 0.717) is 18.1 Å². The van der Waals surface area contributed by atoms with Crippen LogP contribution >= 0.6 is 0 Å². The highest BCUT2D eigenvalue weighted by atomic mass is 32.2. The second-order valence-corrected chi connectivity index (χ2v) is 7.50. The molecule has 19 heavy (non-hydrogen) atoms. The number of aryl methyl sites for hydroxylation is 1. The van der Waals surface area contributed by atoms with Crippen LogP contribution in [0.3, 0.4) is 0 Å². The van der Waals surface area contributed by atoms with Crippen molar-refractivity contribution in [3.8, 4) is 0 Å². The predicted octanol–water partition coefficient (Wildman–Crippen LogP) is 1.32. The number of benzene rings is 1. The topological polar surface area (TPSA) is 63.4 Å². The molecular weight excluding hydrogens is 260 g/mol. The van der Waals surface area contributed by atoms with Crippen LogP contribution in [0.15, 0.2) is 24.3 Å². The molecular formula is C14H22N2O2S. The van der Waals surface area contributed by atoms with Crippen LogP contribution in [0.5, 0.6) is 0 Å². The Morgan fingerprint density at radius 2 is 1.84 bits per heavy atom. The van der Waals surface area contributed by atoms with Crippen LogP contribution in [0.2, 0.25) is 0 Å². The lowest BCUT2D eigenvalue weighted by Gasteiger charge is -2.18. The van der Waals surface area contributed by atoms with Crippen LogP contribution in [0.1, 0.15) is 18.4 Å². The van der Waals surface area contributed by atoms with Gasteiger partial charge in [-0.15, -0.1) is 0 Å². The highest BCUT2D eigenvalue weighted by molar-refractivity contribution is 7.91. The summed E-state index contributed by atoms with van der Waals surface area (Å²) in [6.07, 6.45) is 2.84. The summed E-state index contributed by atoms with van der Waals surface area (Å²) in [4.78, 5) is 2.27. The summed E-state index contributed by atoms with van der Waals surface area (Å²) in [5, 5.41) is 0. The van der Waals surface area contributed by atoms with E-state index in [1.54, 1.807) is 0 Å². The highest BCUT2D eigenvalue weighted by Crippen LogP contribution is 2.10. The molecule has 0 amide bonds. The Hall–Kier alpha value is -1.07. The maximum atomic E-state index is 11.5. The molecule has 1 aliphatic heterocycles. The van der Waals surface area contributed by atoms with Crippen LogP contribution in [0.4, 0.5) is 5.69 Å². The Labute approximate surface area is 115 Å². The predicted molar refractivity (Wildman–Crippen MR) is 78.9 cm³/mol. The number of sulfone groups is 1. The van der Waals surface area contributed by atoms with Crippen LogP contribution < -0.4 is 5.73 Å². The zero-order chi connectivity index (χ0) is 13.7. The van der Waals surface area contributed by atoms with E-state index in [0.717, 1.165) is 38.0 Å². The number of hydrogen-bond acceptors (Lipinski definition) is 4. The minimum absolute atomic E-state index is 0.314. The fourth-order valence-corrected chi connectivity index (χ4v) is 3.71. The molecule has 0 unspecified atom stereocenters. The molecule has 5 heteroatoms. The van der Waals surface area contributed by atoms with E-state index in [2.05, 4.69) is 17.0 Å². The van der Waals surface area contributed by atoms with Crippen LogP contribution in [0.25, 0.3) is 0 Å². The molecule has 2 N–H and O–H groups in total. The lowest BCUT2D eigenvalue weighted by molar-refractivity contribution is 0.291. The van der Waals surface area contributed by atoms with E-state index in [1.807, 2.05) is 12.1 Å². The number of hydrogen-bond donors (Lipinski definition) is 1. The van der Waals surface area contributed by atoms with E-state index in [1.165, 1.54) is 5.56 Å². The molecule has 106 valence electrons. The van der Waals surface area contributed by atoms with Crippen molar-refractivity contribution >= 4 is 15.5 Å². The minimum atomic E-state index is -2.79. The number of nitrogens with zero attached hydrogens (tertiary/aromatic N) is 1. The van der Waals surface area contributed by atoms with Gasteiger partial charge in [-0.1, -0.05) is 12.1 Å². The smallest absolute Gasteiger partial charge is 0.151 e. The van der Waals surface area contributed by atoms with Gasteiger partial charge in [0.05, 0.1) is 11.5 Å². The Balaban J connectivity index is 1.75. The number of nitrogen functional groups attached to an aromatic ring is 1.